The van der Waals surface area contributed by atoms with E-state index in [0.29, 0.717) is 17.9 Å². The third kappa shape index (κ3) is 6.83. The number of halogens is 1. The van der Waals surface area contributed by atoms with Crippen molar-refractivity contribution in [2.75, 3.05) is 36.7 Å². The van der Waals surface area contributed by atoms with E-state index in [1.54, 1.807) is 24.3 Å². The molecule has 0 amide bonds. The lowest BCUT2D eigenvalue weighted by atomic mass is 10.1. The highest BCUT2D eigenvalue weighted by Gasteiger charge is 2.21. The monoisotopic (exact) mass is 568 g/mol. The minimum atomic E-state index is -3.38. The van der Waals surface area contributed by atoms with Crippen molar-refractivity contribution in [3.63, 3.8) is 0 Å². The zero-order chi connectivity index (χ0) is 22.3. The summed E-state index contributed by atoms with van der Waals surface area (Å²) in [5.41, 5.74) is 0.549. The second kappa shape index (κ2) is 11.9. The lowest BCUT2D eigenvalue weighted by Crippen LogP contribution is -3.00. The van der Waals surface area contributed by atoms with Crippen molar-refractivity contribution < 1.29 is 41.6 Å². The van der Waals surface area contributed by atoms with Crippen LogP contribution >= 0.6 is 0 Å². The number of sulfonamides is 1. The standard InChI is InChI=1S/C25H33N2O3S.HI/c1-4-27(5-2,6-3)19-10-20-31(28,29)26-22-15-17-23(18-16-22)30-25-14-9-12-21-11-7-8-13-24(21)25;/h7-9,11-18,26H,4-6,10,19-20H2,1-3H3;1H/q+1;/p-1. The van der Waals surface area contributed by atoms with Crippen LogP contribution in [0, 0.1) is 0 Å². The summed E-state index contributed by atoms with van der Waals surface area (Å²) in [5.74, 6) is 1.56. The molecule has 0 saturated carbocycles. The SMILES string of the molecule is CC[N+](CC)(CC)CCCS(=O)(=O)Nc1ccc(Oc2cccc3ccccc23)cc1.[I-]. The van der Waals surface area contributed by atoms with E-state index in [9.17, 15) is 8.42 Å². The number of nitrogens with zero attached hydrogens (tertiary/aromatic N) is 1. The molecule has 0 aliphatic carbocycles. The molecule has 32 heavy (non-hydrogen) atoms. The minimum absolute atomic E-state index is 0. The van der Waals surface area contributed by atoms with Crippen molar-refractivity contribution in [2.45, 2.75) is 27.2 Å². The van der Waals surface area contributed by atoms with Gasteiger partial charge in [-0.3, -0.25) is 4.72 Å². The average Bonchev–Trinajstić information content (AvgIpc) is 2.78. The van der Waals surface area contributed by atoms with Gasteiger partial charge in [0.15, 0.2) is 0 Å². The third-order valence-corrected chi connectivity index (χ3v) is 7.54. The van der Waals surface area contributed by atoms with Crippen LogP contribution in [0.2, 0.25) is 0 Å². The Labute approximate surface area is 209 Å². The maximum atomic E-state index is 12.5. The normalized spacial score (nSPS) is 11.7. The summed E-state index contributed by atoms with van der Waals surface area (Å²) >= 11 is 0. The number of anilines is 1. The average molecular weight is 569 g/mol. The molecule has 5 nitrogen and oxygen atoms in total. The predicted octanol–water partition coefficient (Wildman–Crippen LogP) is 2.64. The Morgan fingerprint density at radius 3 is 2.12 bits per heavy atom. The van der Waals surface area contributed by atoms with E-state index in [4.69, 9.17) is 4.74 Å². The Balaban J connectivity index is 0.00000363. The molecule has 0 fully saturated rings. The Kier molecular flexibility index (Phi) is 9.79. The van der Waals surface area contributed by atoms with Crippen LogP contribution in [0.5, 0.6) is 11.5 Å². The maximum absolute atomic E-state index is 12.5. The van der Waals surface area contributed by atoms with Gasteiger partial charge in [0.25, 0.3) is 0 Å². The molecule has 0 unspecified atom stereocenters. The van der Waals surface area contributed by atoms with Gasteiger partial charge in [0.1, 0.15) is 11.5 Å². The molecule has 3 aromatic carbocycles. The van der Waals surface area contributed by atoms with E-state index < -0.39 is 10.0 Å². The van der Waals surface area contributed by atoms with Gasteiger partial charge in [-0.05, 0) is 56.5 Å². The van der Waals surface area contributed by atoms with Crippen molar-refractivity contribution in [2.24, 2.45) is 0 Å². The number of ether oxygens (including phenoxy) is 1. The van der Waals surface area contributed by atoms with Crippen LogP contribution in [-0.4, -0.2) is 44.8 Å². The van der Waals surface area contributed by atoms with Crippen molar-refractivity contribution in [3.8, 4) is 11.5 Å². The first-order valence-corrected chi connectivity index (χ1v) is 12.7. The van der Waals surface area contributed by atoms with Crippen LogP contribution in [-0.2, 0) is 10.0 Å². The van der Waals surface area contributed by atoms with Crippen molar-refractivity contribution in [1.29, 1.82) is 0 Å². The quantitative estimate of drug-likeness (QED) is 0.286. The Morgan fingerprint density at radius 1 is 0.844 bits per heavy atom. The summed E-state index contributed by atoms with van der Waals surface area (Å²) in [4.78, 5) is 0. The topological polar surface area (TPSA) is 55.4 Å². The summed E-state index contributed by atoms with van der Waals surface area (Å²) < 4.78 is 34.7. The lowest BCUT2D eigenvalue weighted by molar-refractivity contribution is -0.923. The molecule has 0 spiro atoms. The molecular formula is C25H33IN2O3S. The number of rotatable bonds is 11. The Bertz CT molecular complexity index is 1080. The Hall–Kier alpha value is -1.84. The highest BCUT2D eigenvalue weighted by atomic mass is 127. The molecule has 1 N–H and O–H groups in total. The molecule has 0 aliphatic heterocycles. The largest absolute Gasteiger partial charge is 1.00 e. The molecule has 0 bridgehead atoms. The minimum Gasteiger partial charge on any atom is -1.00 e. The van der Waals surface area contributed by atoms with E-state index in [1.165, 1.54) is 0 Å². The van der Waals surface area contributed by atoms with Crippen LogP contribution in [0.15, 0.2) is 66.7 Å². The molecule has 0 aromatic heterocycles. The summed E-state index contributed by atoms with van der Waals surface area (Å²) in [6.45, 7) is 10.5. The first kappa shape index (κ1) is 26.4. The van der Waals surface area contributed by atoms with E-state index >= 15 is 0 Å². The van der Waals surface area contributed by atoms with Gasteiger partial charge in [0, 0.05) is 17.5 Å². The van der Waals surface area contributed by atoms with Gasteiger partial charge < -0.3 is 33.2 Å². The summed E-state index contributed by atoms with van der Waals surface area (Å²) in [6, 6.07) is 21.0. The maximum Gasteiger partial charge on any atom is 0.232 e. The summed E-state index contributed by atoms with van der Waals surface area (Å²) in [7, 11) is -3.38. The molecule has 0 radical (unpaired) electrons. The van der Waals surface area contributed by atoms with Crippen LogP contribution < -0.4 is 33.4 Å². The van der Waals surface area contributed by atoms with Crippen LogP contribution in [0.25, 0.3) is 10.8 Å². The zero-order valence-corrected chi connectivity index (χ0v) is 22.0. The number of quaternary nitrogens is 1. The van der Waals surface area contributed by atoms with Gasteiger partial charge >= 0.3 is 0 Å². The fourth-order valence-electron chi connectivity index (χ4n) is 3.97. The highest BCUT2D eigenvalue weighted by molar-refractivity contribution is 7.92. The number of benzene rings is 3. The van der Waals surface area contributed by atoms with Gasteiger partial charge in [-0.2, -0.15) is 0 Å². The van der Waals surface area contributed by atoms with Gasteiger partial charge in [0.05, 0.1) is 31.9 Å². The number of hydrogen-bond donors (Lipinski definition) is 1. The smallest absolute Gasteiger partial charge is 0.232 e. The lowest BCUT2D eigenvalue weighted by Gasteiger charge is -2.35. The Morgan fingerprint density at radius 2 is 1.47 bits per heavy atom. The van der Waals surface area contributed by atoms with Gasteiger partial charge in [-0.1, -0.05) is 36.4 Å². The first-order valence-electron chi connectivity index (χ1n) is 11.0. The van der Waals surface area contributed by atoms with Crippen molar-refractivity contribution in [3.05, 3.63) is 66.7 Å². The molecular weight excluding hydrogens is 535 g/mol. The molecule has 0 saturated heterocycles. The highest BCUT2D eigenvalue weighted by Crippen LogP contribution is 2.30. The molecule has 174 valence electrons. The van der Waals surface area contributed by atoms with E-state index in [0.717, 1.165) is 47.2 Å². The van der Waals surface area contributed by atoms with Crippen LogP contribution in [0.1, 0.15) is 27.2 Å². The van der Waals surface area contributed by atoms with E-state index in [1.807, 2.05) is 42.5 Å². The van der Waals surface area contributed by atoms with Crippen LogP contribution in [0.4, 0.5) is 5.69 Å². The van der Waals surface area contributed by atoms with Gasteiger partial charge in [0.2, 0.25) is 10.0 Å². The predicted molar refractivity (Wildman–Crippen MR) is 129 cm³/mol. The molecule has 0 aliphatic rings. The van der Waals surface area contributed by atoms with Crippen LogP contribution in [0.3, 0.4) is 0 Å². The van der Waals surface area contributed by atoms with E-state index in [-0.39, 0.29) is 29.7 Å². The van der Waals surface area contributed by atoms with Gasteiger partial charge in [-0.15, -0.1) is 0 Å². The number of nitrogens with one attached hydrogen (secondary N) is 1. The second-order valence-electron chi connectivity index (χ2n) is 7.89. The van der Waals surface area contributed by atoms with E-state index in [2.05, 4.69) is 25.5 Å². The number of fused-ring (bicyclic) bond motifs is 1. The van der Waals surface area contributed by atoms with Gasteiger partial charge in [-0.25, -0.2) is 8.42 Å². The first-order chi connectivity index (χ1) is 14.9. The fourth-order valence-corrected chi connectivity index (χ4v) is 5.07. The second-order valence-corrected chi connectivity index (χ2v) is 9.73. The van der Waals surface area contributed by atoms with Crippen molar-refractivity contribution in [1.82, 2.24) is 0 Å². The summed E-state index contributed by atoms with van der Waals surface area (Å²) in [6.07, 6.45) is 0.646. The molecule has 3 rings (SSSR count). The molecule has 7 heteroatoms. The zero-order valence-electron chi connectivity index (χ0n) is 19.1. The fraction of sp³-hybridized carbons (Fsp3) is 0.360. The molecule has 0 heterocycles. The number of hydrogen-bond acceptors (Lipinski definition) is 3. The molecule has 0 atom stereocenters. The summed E-state index contributed by atoms with van der Waals surface area (Å²) in [5, 5.41) is 2.15. The third-order valence-electron chi connectivity index (χ3n) is 6.16. The molecule has 3 aromatic rings. The van der Waals surface area contributed by atoms with Crippen molar-refractivity contribution >= 4 is 26.5 Å².